The molecule has 1 amide bonds. The van der Waals surface area contributed by atoms with Gasteiger partial charge in [0.05, 0.1) is 18.8 Å². The van der Waals surface area contributed by atoms with Crippen LogP contribution < -0.4 is 14.4 Å². The van der Waals surface area contributed by atoms with Gasteiger partial charge in [0.15, 0.2) is 18.1 Å². The molecule has 0 aromatic heterocycles. The molecule has 2 aromatic carbocycles. The maximum Gasteiger partial charge on any atom is 0.265 e. The molecule has 0 radical (unpaired) electrons. The zero-order valence-electron chi connectivity index (χ0n) is 13.1. The highest BCUT2D eigenvalue weighted by atomic mass is 19.1. The summed E-state index contributed by atoms with van der Waals surface area (Å²) >= 11 is 0. The Kier molecular flexibility index (Phi) is 4.46. The molecule has 1 heterocycles. The van der Waals surface area contributed by atoms with Gasteiger partial charge >= 0.3 is 0 Å². The largest absolute Gasteiger partial charge is 0.490 e. The number of rotatable bonds is 5. The van der Waals surface area contributed by atoms with E-state index in [1.807, 2.05) is 6.92 Å². The van der Waals surface area contributed by atoms with Gasteiger partial charge in [-0.05, 0) is 25.1 Å². The highest BCUT2D eigenvalue weighted by Gasteiger charge is 2.29. The highest BCUT2D eigenvalue weighted by Crippen LogP contribution is 2.42. The SMILES string of the molecule is CCOc1cc(C=O)cc2c1OCC(=O)N2Cc1ccccc1F. The van der Waals surface area contributed by atoms with Crippen molar-refractivity contribution in [2.24, 2.45) is 0 Å². The lowest BCUT2D eigenvalue weighted by molar-refractivity contribution is -0.121. The molecular weight excluding hydrogens is 313 g/mol. The fraction of sp³-hybridized carbons (Fsp3) is 0.222. The molecule has 0 spiro atoms. The molecule has 0 saturated carbocycles. The normalized spacial score (nSPS) is 13.2. The van der Waals surface area contributed by atoms with Crippen LogP contribution in [0.5, 0.6) is 11.5 Å². The van der Waals surface area contributed by atoms with E-state index in [0.29, 0.717) is 41.2 Å². The molecule has 0 saturated heterocycles. The van der Waals surface area contributed by atoms with Crippen LogP contribution in [-0.2, 0) is 11.3 Å². The topological polar surface area (TPSA) is 55.8 Å². The van der Waals surface area contributed by atoms with E-state index >= 15 is 0 Å². The first-order valence-electron chi connectivity index (χ1n) is 7.56. The summed E-state index contributed by atoms with van der Waals surface area (Å²) in [6.45, 7) is 2.09. The van der Waals surface area contributed by atoms with E-state index < -0.39 is 5.82 Å². The number of carbonyl (C=O) groups is 2. The van der Waals surface area contributed by atoms with Gasteiger partial charge in [-0.25, -0.2) is 4.39 Å². The van der Waals surface area contributed by atoms with Gasteiger partial charge < -0.3 is 14.4 Å². The van der Waals surface area contributed by atoms with Gasteiger partial charge in [-0.1, -0.05) is 18.2 Å². The Morgan fingerprint density at radius 1 is 1.33 bits per heavy atom. The van der Waals surface area contributed by atoms with Gasteiger partial charge in [-0.15, -0.1) is 0 Å². The molecular formula is C18H16FNO4. The van der Waals surface area contributed by atoms with Crippen molar-refractivity contribution in [3.05, 3.63) is 53.3 Å². The number of fused-ring (bicyclic) bond motifs is 1. The van der Waals surface area contributed by atoms with Crippen LogP contribution >= 0.6 is 0 Å². The van der Waals surface area contributed by atoms with Crippen molar-refractivity contribution in [2.75, 3.05) is 18.1 Å². The molecule has 1 aliphatic rings. The Labute approximate surface area is 138 Å². The second kappa shape index (κ2) is 6.70. The van der Waals surface area contributed by atoms with Crippen molar-refractivity contribution in [3.63, 3.8) is 0 Å². The molecule has 2 aromatic rings. The number of carbonyl (C=O) groups excluding carboxylic acids is 2. The number of benzene rings is 2. The molecule has 5 nitrogen and oxygen atoms in total. The number of nitrogens with zero attached hydrogens (tertiary/aromatic N) is 1. The molecule has 3 rings (SSSR count). The summed E-state index contributed by atoms with van der Waals surface area (Å²) in [4.78, 5) is 24.9. The number of hydrogen-bond acceptors (Lipinski definition) is 4. The number of ether oxygens (including phenoxy) is 2. The fourth-order valence-electron chi connectivity index (χ4n) is 2.60. The Hall–Kier alpha value is -2.89. The van der Waals surface area contributed by atoms with E-state index in [2.05, 4.69) is 0 Å². The zero-order chi connectivity index (χ0) is 17.1. The number of amides is 1. The lowest BCUT2D eigenvalue weighted by Crippen LogP contribution is -2.38. The minimum absolute atomic E-state index is 0.0513. The highest BCUT2D eigenvalue weighted by molar-refractivity contribution is 5.99. The van der Waals surface area contributed by atoms with Gasteiger partial charge in [0.25, 0.3) is 5.91 Å². The van der Waals surface area contributed by atoms with E-state index in [9.17, 15) is 14.0 Å². The molecule has 0 N–H and O–H groups in total. The van der Waals surface area contributed by atoms with Crippen LogP contribution in [0, 0.1) is 5.82 Å². The average molecular weight is 329 g/mol. The molecule has 0 fully saturated rings. The summed E-state index contributed by atoms with van der Waals surface area (Å²) in [5, 5.41) is 0. The number of anilines is 1. The number of hydrogen-bond donors (Lipinski definition) is 0. The summed E-state index contributed by atoms with van der Waals surface area (Å²) in [7, 11) is 0. The standard InChI is InChI=1S/C18H16FNO4/c1-2-23-16-8-12(10-21)7-15-18(16)24-11-17(22)20(15)9-13-5-3-4-6-14(13)19/h3-8,10H,2,9,11H2,1H3. The van der Waals surface area contributed by atoms with Crippen LogP contribution in [0.15, 0.2) is 36.4 Å². The Bertz CT molecular complexity index is 791. The average Bonchev–Trinajstić information content (AvgIpc) is 2.59. The van der Waals surface area contributed by atoms with Gasteiger partial charge in [0.1, 0.15) is 12.1 Å². The van der Waals surface area contributed by atoms with Gasteiger partial charge in [0, 0.05) is 11.1 Å². The Morgan fingerprint density at radius 3 is 2.83 bits per heavy atom. The molecule has 0 atom stereocenters. The van der Waals surface area contributed by atoms with Gasteiger partial charge in [-0.3, -0.25) is 9.59 Å². The van der Waals surface area contributed by atoms with Crippen LogP contribution in [0.25, 0.3) is 0 Å². The first-order chi connectivity index (χ1) is 11.6. The molecule has 6 heteroatoms. The summed E-state index contributed by atoms with van der Waals surface area (Å²) < 4.78 is 24.9. The minimum atomic E-state index is -0.394. The first-order valence-corrected chi connectivity index (χ1v) is 7.56. The minimum Gasteiger partial charge on any atom is -0.490 e. The van der Waals surface area contributed by atoms with E-state index in [0.717, 1.165) is 0 Å². The second-order valence-corrected chi connectivity index (χ2v) is 5.28. The van der Waals surface area contributed by atoms with Crippen molar-refractivity contribution >= 4 is 17.9 Å². The van der Waals surface area contributed by atoms with Gasteiger partial charge in [-0.2, -0.15) is 0 Å². The molecule has 0 unspecified atom stereocenters. The van der Waals surface area contributed by atoms with Crippen LogP contribution in [-0.4, -0.2) is 25.4 Å². The Morgan fingerprint density at radius 2 is 2.12 bits per heavy atom. The summed E-state index contributed by atoms with van der Waals surface area (Å²) in [6, 6.07) is 9.36. The van der Waals surface area contributed by atoms with E-state index in [4.69, 9.17) is 9.47 Å². The Balaban J connectivity index is 2.06. The molecule has 0 bridgehead atoms. The number of aldehydes is 1. The second-order valence-electron chi connectivity index (χ2n) is 5.28. The summed E-state index contributed by atoms with van der Waals surface area (Å²) in [6.07, 6.45) is 0.670. The maximum atomic E-state index is 13.9. The van der Waals surface area contributed by atoms with Crippen molar-refractivity contribution in [2.45, 2.75) is 13.5 Å². The predicted molar refractivity (Wildman–Crippen MR) is 86.1 cm³/mol. The third-order valence-electron chi connectivity index (χ3n) is 3.71. The third kappa shape index (κ3) is 2.95. The van der Waals surface area contributed by atoms with Crippen molar-refractivity contribution in [1.82, 2.24) is 0 Å². The smallest absolute Gasteiger partial charge is 0.265 e. The van der Waals surface area contributed by atoms with Crippen LogP contribution in [0.3, 0.4) is 0 Å². The lowest BCUT2D eigenvalue weighted by atomic mass is 10.1. The predicted octanol–water partition coefficient (Wildman–Crippen LogP) is 2.96. The summed E-state index contributed by atoms with van der Waals surface area (Å²) in [5.74, 6) is 0.0766. The van der Waals surface area contributed by atoms with E-state index in [1.54, 1.807) is 30.3 Å². The van der Waals surface area contributed by atoms with Crippen molar-refractivity contribution in [3.8, 4) is 11.5 Å². The van der Waals surface area contributed by atoms with Crippen LogP contribution in [0.1, 0.15) is 22.8 Å². The van der Waals surface area contributed by atoms with E-state index in [1.165, 1.54) is 11.0 Å². The quantitative estimate of drug-likeness (QED) is 0.792. The summed E-state index contributed by atoms with van der Waals surface area (Å²) in [5.41, 5.74) is 1.14. The molecule has 24 heavy (non-hydrogen) atoms. The molecule has 124 valence electrons. The molecule has 1 aliphatic heterocycles. The first kappa shape index (κ1) is 16.0. The maximum absolute atomic E-state index is 13.9. The van der Waals surface area contributed by atoms with Crippen LogP contribution in [0.2, 0.25) is 0 Å². The lowest BCUT2D eigenvalue weighted by Gasteiger charge is -2.31. The zero-order valence-corrected chi connectivity index (χ0v) is 13.1. The fourth-order valence-corrected chi connectivity index (χ4v) is 2.60. The number of halogens is 1. The monoisotopic (exact) mass is 329 g/mol. The van der Waals surface area contributed by atoms with Gasteiger partial charge in [0.2, 0.25) is 0 Å². The van der Waals surface area contributed by atoms with E-state index in [-0.39, 0.29) is 19.1 Å². The van der Waals surface area contributed by atoms with Crippen molar-refractivity contribution < 1.29 is 23.5 Å². The van der Waals surface area contributed by atoms with Crippen LogP contribution in [0.4, 0.5) is 10.1 Å². The third-order valence-corrected chi connectivity index (χ3v) is 3.71. The van der Waals surface area contributed by atoms with Crippen molar-refractivity contribution in [1.29, 1.82) is 0 Å². The molecule has 0 aliphatic carbocycles.